The standard InChI is InChI=1S/C16H24BrFN2/c1-3-19-11-13-6-4-5-9-20(2)16(13)12-7-8-15(18)14(17)10-12/h7-8,10,13,16,19H,3-6,9,11H2,1-2H3. The van der Waals surface area contributed by atoms with E-state index in [0.717, 1.165) is 19.6 Å². The van der Waals surface area contributed by atoms with Gasteiger partial charge in [-0.2, -0.15) is 0 Å². The van der Waals surface area contributed by atoms with Crippen LogP contribution in [0.2, 0.25) is 0 Å². The number of likely N-dealkylation sites (tertiary alicyclic amines) is 1. The Labute approximate surface area is 129 Å². The normalized spacial score (nSPS) is 24.6. The molecule has 0 radical (unpaired) electrons. The number of benzene rings is 1. The summed E-state index contributed by atoms with van der Waals surface area (Å²) in [4.78, 5) is 2.43. The maximum Gasteiger partial charge on any atom is 0.137 e. The lowest BCUT2D eigenvalue weighted by atomic mass is 9.89. The van der Waals surface area contributed by atoms with E-state index in [-0.39, 0.29) is 5.82 Å². The zero-order chi connectivity index (χ0) is 14.5. The van der Waals surface area contributed by atoms with Crippen molar-refractivity contribution in [1.82, 2.24) is 10.2 Å². The van der Waals surface area contributed by atoms with Gasteiger partial charge in [0.25, 0.3) is 0 Å². The second kappa shape index (κ2) is 7.53. The molecular formula is C16H24BrFN2. The molecule has 1 saturated heterocycles. The molecule has 1 aliphatic heterocycles. The van der Waals surface area contributed by atoms with E-state index in [4.69, 9.17) is 0 Å². The summed E-state index contributed by atoms with van der Waals surface area (Å²) in [6.07, 6.45) is 3.76. The van der Waals surface area contributed by atoms with Crippen molar-refractivity contribution in [1.29, 1.82) is 0 Å². The Morgan fingerprint density at radius 1 is 1.40 bits per heavy atom. The van der Waals surface area contributed by atoms with Gasteiger partial charge in [-0.3, -0.25) is 4.90 Å². The summed E-state index contributed by atoms with van der Waals surface area (Å²) in [7, 11) is 2.19. The number of nitrogens with zero attached hydrogens (tertiary/aromatic N) is 1. The fraction of sp³-hybridized carbons (Fsp3) is 0.625. The first-order valence-corrected chi connectivity index (χ1v) is 8.28. The van der Waals surface area contributed by atoms with Crippen molar-refractivity contribution in [3.05, 3.63) is 34.1 Å². The molecule has 4 heteroatoms. The minimum absolute atomic E-state index is 0.187. The third-order valence-electron chi connectivity index (χ3n) is 4.20. The quantitative estimate of drug-likeness (QED) is 0.890. The molecular weight excluding hydrogens is 319 g/mol. The van der Waals surface area contributed by atoms with Crippen LogP contribution < -0.4 is 5.32 Å². The smallest absolute Gasteiger partial charge is 0.137 e. The van der Waals surface area contributed by atoms with Gasteiger partial charge in [0.2, 0.25) is 0 Å². The van der Waals surface area contributed by atoms with E-state index in [1.54, 1.807) is 6.07 Å². The summed E-state index contributed by atoms with van der Waals surface area (Å²) in [5.74, 6) is 0.396. The van der Waals surface area contributed by atoms with Crippen LogP contribution in [0, 0.1) is 11.7 Å². The Bertz CT molecular complexity index is 438. The van der Waals surface area contributed by atoms with Crippen molar-refractivity contribution in [2.45, 2.75) is 32.2 Å². The average Bonchev–Trinajstić information content (AvgIpc) is 2.61. The third kappa shape index (κ3) is 3.80. The molecule has 0 spiro atoms. The summed E-state index contributed by atoms with van der Waals surface area (Å²) < 4.78 is 14.0. The van der Waals surface area contributed by atoms with Gasteiger partial charge in [0.15, 0.2) is 0 Å². The summed E-state index contributed by atoms with van der Waals surface area (Å²) in [5.41, 5.74) is 1.21. The number of nitrogens with one attached hydrogen (secondary N) is 1. The van der Waals surface area contributed by atoms with Gasteiger partial charge in [0.05, 0.1) is 4.47 Å². The van der Waals surface area contributed by atoms with Crippen LogP contribution in [0.15, 0.2) is 22.7 Å². The molecule has 2 rings (SSSR count). The molecule has 1 N–H and O–H groups in total. The molecule has 0 saturated carbocycles. The van der Waals surface area contributed by atoms with E-state index in [1.165, 1.54) is 24.8 Å². The average molecular weight is 343 g/mol. The Balaban J connectivity index is 2.26. The lowest BCUT2D eigenvalue weighted by Gasteiger charge is -2.33. The summed E-state index contributed by atoms with van der Waals surface area (Å²) in [6.45, 7) is 5.28. The fourth-order valence-corrected chi connectivity index (χ4v) is 3.59. The van der Waals surface area contributed by atoms with Crippen LogP contribution in [-0.2, 0) is 0 Å². The maximum atomic E-state index is 13.5. The van der Waals surface area contributed by atoms with E-state index in [9.17, 15) is 4.39 Å². The topological polar surface area (TPSA) is 15.3 Å². The predicted octanol–water partition coefficient (Wildman–Crippen LogP) is 3.97. The number of hydrogen-bond donors (Lipinski definition) is 1. The third-order valence-corrected chi connectivity index (χ3v) is 4.81. The first-order valence-electron chi connectivity index (χ1n) is 7.49. The minimum Gasteiger partial charge on any atom is -0.317 e. The molecule has 2 unspecified atom stereocenters. The van der Waals surface area contributed by atoms with E-state index in [2.05, 4.69) is 40.1 Å². The molecule has 0 amide bonds. The van der Waals surface area contributed by atoms with Crippen molar-refractivity contribution in [2.24, 2.45) is 5.92 Å². The zero-order valence-corrected chi connectivity index (χ0v) is 13.9. The molecule has 112 valence electrons. The van der Waals surface area contributed by atoms with Gasteiger partial charge in [0.1, 0.15) is 5.82 Å². The van der Waals surface area contributed by atoms with Gasteiger partial charge in [-0.15, -0.1) is 0 Å². The second-order valence-electron chi connectivity index (χ2n) is 5.66. The van der Waals surface area contributed by atoms with Crippen molar-refractivity contribution in [3.8, 4) is 0 Å². The van der Waals surface area contributed by atoms with E-state index in [0.29, 0.717) is 16.4 Å². The van der Waals surface area contributed by atoms with Crippen LogP contribution in [0.4, 0.5) is 4.39 Å². The van der Waals surface area contributed by atoms with Crippen molar-refractivity contribution in [2.75, 3.05) is 26.7 Å². The van der Waals surface area contributed by atoms with Gasteiger partial charge in [-0.25, -0.2) is 4.39 Å². The van der Waals surface area contributed by atoms with Crippen LogP contribution in [0.25, 0.3) is 0 Å². The van der Waals surface area contributed by atoms with Gasteiger partial charge in [-0.1, -0.05) is 19.4 Å². The fourth-order valence-electron chi connectivity index (χ4n) is 3.19. The number of rotatable bonds is 4. The maximum absolute atomic E-state index is 13.5. The van der Waals surface area contributed by atoms with Gasteiger partial charge in [-0.05, 0) is 79.1 Å². The highest BCUT2D eigenvalue weighted by molar-refractivity contribution is 9.10. The summed E-state index contributed by atoms with van der Waals surface area (Å²) >= 11 is 3.32. The molecule has 1 aliphatic rings. The zero-order valence-electron chi connectivity index (χ0n) is 12.3. The van der Waals surface area contributed by atoms with Crippen LogP contribution in [0.1, 0.15) is 37.8 Å². The Morgan fingerprint density at radius 2 is 2.20 bits per heavy atom. The number of hydrogen-bond acceptors (Lipinski definition) is 2. The molecule has 0 aromatic heterocycles. The summed E-state index contributed by atoms with van der Waals surface area (Å²) in [6, 6.07) is 5.82. The first-order chi connectivity index (χ1) is 9.63. The van der Waals surface area contributed by atoms with Crippen LogP contribution >= 0.6 is 15.9 Å². The van der Waals surface area contributed by atoms with Crippen molar-refractivity contribution in [3.63, 3.8) is 0 Å². The minimum atomic E-state index is -0.187. The van der Waals surface area contributed by atoms with E-state index < -0.39 is 0 Å². The molecule has 1 fully saturated rings. The Morgan fingerprint density at radius 3 is 2.90 bits per heavy atom. The van der Waals surface area contributed by atoms with Gasteiger partial charge in [0, 0.05) is 6.04 Å². The van der Waals surface area contributed by atoms with Crippen molar-refractivity contribution < 1.29 is 4.39 Å². The molecule has 0 aliphatic carbocycles. The molecule has 2 atom stereocenters. The molecule has 1 heterocycles. The number of halogens is 2. The lowest BCUT2D eigenvalue weighted by molar-refractivity contribution is 0.189. The Hall–Kier alpha value is -0.450. The SMILES string of the molecule is CCNCC1CCCCN(C)C1c1ccc(F)c(Br)c1. The second-order valence-corrected chi connectivity index (χ2v) is 6.52. The van der Waals surface area contributed by atoms with Crippen molar-refractivity contribution >= 4 is 15.9 Å². The summed E-state index contributed by atoms with van der Waals surface area (Å²) in [5, 5.41) is 3.48. The molecule has 0 bridgehead atoms. The highest BCUT2D eigenvalue weighted by atomic mass is 79.9. The van der Waals surface area contributed by atoms with Crippen LogP contribution in [0.5, 0.6) is 0 Å². The highest BCUT2D eigenvalue weighted by Crippen LogP contribution is 2.35. The molecule has 20 heavy (non-hydrogen) atoms. The largest absolute Gasteiger partial charge is 0.317 e. The van der Waals surface area contributed by atoms with Gasteiger partial charge >= 0.3 is 0 Å². The molecule has 2 nitrogen and oxygen atoms in total. The van der Waals surface area contributed by atoms with E-state index in [1.807, 2.05) is 12.1 Å². The monoisotopic (exact) mass is 342 g/mol. The van der Waals surface area contributed by atoms with Crippen LogP contribution in [0.3, 0.4) is 0 Å². The molecule has 1 aromatic carbocycles. The first kappa shape index (κ1) is 15.9. The Kier molecular flexibility index (Phi) is 6.00. The van der Waals surface area contributed by atoms with Gasteiger partial charge < -0.3 is 5.32 Å². The van der Waals surface area contributed by atoms with E-state index >= 15 is 0 Å². The van der Waals surface area contributed by atoms with Crippen LogP contribution in [-0.4, -0.2) is 31.6 Å². The predicted molar refractivity (Wildman–Crippen MR) is 85.4 cm³/mol. The lowest BCUT2D eigenvalue weighted by Crippen LogP contribution is -2.34. The molecule has 1 aromatic rings. The highest BCUT2D eigenvalue weighted by Gasteiger charge is 2.29.